The summed E-state index contributed by atoms with van der Waals surface area (Å²) in [7, 11) is 0. The Bertz CT molecular complexity index is 479. The average molecular weight is 269 g/mol. The van der Waals surface area contributed by atoms with E-state index in [2.05, 4.69) is 24.1 Å². The molecule has 0 saturated heterocycles. The lowest BCUT2D eigenvalue weighted by molar-refractivity contribution is -0.125. The van der Waals surface area contributed by atoms with E-state index in [9.17, 15) is 4.79 Å². The van der Waals surface area contributed by atoms with Crippen molar-refractivity contribution in [3.8, 4) is 0 Å². The molecule has 1 atom stereocenters. The first-order valence-corrected chi connectivity index (χ1v) is 6.66. The summed E-state index contributed by atoms with van der Waals surface area (Å²) in [5.74, 6) is 0.308. The first-order valence-electron chi connectivity index (χ1n) is 6.25. The second-order valence-electron chi connectivity index (χ2n) is 5.96. The second-order valence-corrected chi connectivity index (χ2v) is 6.35. The third kappa shape index (κ3) is 3.45. The molecular formula is C13H23N3OS. The molecule has 1 amide bonds. The minimum absolute atomic E-state index is 0.0138. The summed E-state index contributed by atoms with van der Waals surface area (Å²) >= 11 is 5.26. The molecule has 1 aromatic heterocycles. The maximum absolute atomic E-state index is 12.2. The summed E-state index contributed by atoms with van der Waals surface area (Å²) < 4.78 is 2.48. The molecule has 0 aliphatic heterocycles. The Kier molecular flexibility index (Phi) is 4.37. The molecular weight excluding hydrogens is 246 g/mol. The van der Waals surface area contributed by atoms with E-state index in [1.807, 2.05) is 38.5 Å². The third-order valence-electron chi connectivity index (χ3n) is 2.70. The fourth-order valence-corrected chi connectivity index (χ4v) is 2.15. The van der Waals surface area contributed by atoms with Gasteiger partial charge in [-0.05, 0) is 45.8 Å². The van der Waals surface area contributed by atoms with Gasteiger partial charge in [0.25, 0.3) is 0 Å². The van der Waals surface area contributed by atoms with Crippen molar-refractivity contribution in [1.82, 2.24) is 14.9 Å². The Labute approximate surface area is 114 Å². The highest BCUT2D eigenvalue weighted by atomic mass is 32.1. The normalized spacial score (nSPS) is 13.7. The van der Waals surface area contributed by atoms with E-state index in [0.29, 0.717) is 10.7 Å². The topological polar surface area (TPSA) is 49.8 Å². The van der Waals surface area contributed by atoms with Gasteiger partial charge in [0.1, 0.15) is 6.04 Å². The van der Waals surface area contributed by atoms with Crippen molar-refractivity contribution in [2.45, 2.75) is 59.0 Å². The van der Waals surface area contributed by atoms with Gasteiger partial charge in [0.2, 0.25) is 5.91 Å². The first-order chi connectivity index (χ1) is 8.13. The maximum atomic E-state index is 12.2. The summed E-state index contributed by atoms with van der Waals surface area (Å²) in [6.45, 7) is 12.0. The number of nitrogens with one attached hydrogen (secondary N) is 2. The Hall–Kier alpha value is -1.10. The van der Waals surface area contributed by atoms with Gasteiger partial charge < -0.3 is 14.9 Å². The van der Waals surface area contributed by atoms with Crippen LogP contribution >= 0.6 is 12.2 Å². The lowest BCUT2D eigenvalue weighted by atomic mass is 10.1. The number of aromatic amines is 1. The molecule has 0 aliphatic rings. The third-order valence-corrected chi connectivity index (χ3v) is 3.01. The Morgan fingerprint density at radius 1 is 1.39 bits per heavy atom. The minimum atomic E-state index is -0.305. The van der Waals surface area contributed by atoms with E-state index in [1.165, 1.54) is 0 Å². The molecule has 0 saturated carbocycles. The van der Waals surface area contributed by atoms with Crippen molar-refractivity contribution in [3.05, 3.63) is 16.7 Å². The van der Waals surface area contributed by atoms with E-state index in [4.69, 9.17) is 12.2 Å². The molecule has 18 heavy (non-hydrogen) atoms. The molecule has 1 aromatic rings. The molecule has 5 heteroatoms. The number of amides is 1. The largest absolute Gasteiger partial charge is 0.350 e. The molecule has 102 valence electrons. The zero-order valence-electron chi connectivity index (χ0n) is 12.0. The van der Waals surface area contributed by atoms with Crippen molar-refractivity contribution in [3.63, 3.8) is 0 Å². The number of aromatic nitrogens is 2. The van der Waals surface area contributed by atoms with Crippen LogP contribution in [0.2, 0.25) is 0 Å². The molecule has 0 spiro atoms. The molecule has 0 bridgehead atoms. The number of nitrogens with zero attached hydrogens (tertiary/aromatic N) is 1. The number of imidazole rings is 1. The summed E-state index contributed by atoms with van der Waals surface area (Å²) in [5.41, 5.74) is 0.818. The Morgan fingerprint density at radius 2 is 1.94 bits per heavy atom. The van der Waals surface area contributed by atoms with E-state index in [1.54, 1.807) is 0 Å². The van der Waals surface area contributed by atoms with Gasteiger partial charge >= 0.3 is 0 Å². The zero-order valence-corrected chi connectivity index (χ0v) is 12.8. The van der Waals surface area contributed by atoms with Crippen LogP contribution in [-0.2, 0) is 4.79 Å². The van der Waals surface area contributed by atoms with Crippen LogP contribution in [0.5, 0.6) is 0 Å². The fourth-order valence-electron chi connectivity index (χ4n) is 1.83. The molecule has 0 aliphatic carbocycles. The van der Waals surface area contributed by atoms with E-state index < -0.39 is 0 Å². The van der Waals surface area contributed by atoms with Crippen LogP contribution in [-0.4, -0.2) is 21.0 Å². The number of hydrogen-bond acceptors (Lipinski definition) is 2. The minimum Gasteiger partial charge on any atom is -0.350 e. The standard InChI is InChI=1S/C13H23N3OS/c1-8(2)10-7-14-12(18)16(10)9(3)11(17)15-13(4,5)6/h7-9H,1-6H3,(H,14,18)(H,15,17). The van der Waals surface area contributed by atoms with E-state index in [0.717, 1.165) is 5.69 Å². The first kappa shape index (κ1) is 15.0. The van der Waals surface area contributed by atoms with Gasteiger partial charge in [-0.1, -0.05) is 13.8 Å². The summed E-state index contributed by atoms with van der Waals surface area (Å²) in [6, 6.07) is -0.305. The van der Waals surface area contributed by atoms with Crippen molar-refractivity contribution in [2.75, 3.05) is 0 Å². The monoisotopic (exact) mass is 269 g/mol. The Morgan fingerprint density at radius 3 is 2.39 bits per heavy atom. The molecule has 4 nitrogen and oxygen atoms in total. The predicted octanol–water partition coefficient (Wildman–Crippen LogP) is 3.14. The molecule has 2 N–H and O–H groups in total. The van der Waals surface area contributed by atoms with E-state index >= 15 is 0 Å². The summed E-state index contributed by atoms with van der Waals surface area (Å²) in [5, 5.41) is 2.98. The molecule has 0 aromatic carbocycles. The van der Waals surface area contributed by atoms with Crippen molar-refractivity contribution in [2.24, 2.45) is 0 Å². The molecule has 0 fully saturated rings. The SMILES string of the molecule is CC(C)c1c[nH]c(=S)n1C(C)C(=O)NC(C)(C)C. The number of hydrogen-bond donors (Lipinski definition) is 2. The molecule has 1 heterocycles. The van der Waals surface area contributed by atoms with Crippen LogP contribution in [0.4, 0.5) is 0 Å². The van der Waals surface area contributed by atoms with Crippen molar-refractivity contribution < 1.29 is 4.79 Å². The maximum Gasteiger partial charge on any atom is 0.243 e. The Balaban J connectivity index is 3.04. The lowest BCUT2D eigenvalue weighted by Gasteiger charge is -2.25. The van der Waals surface area contributed by atoms with Crippen LogP contribution in [0.1, 0.15) is 59.2 Å². The van der Waals surface area contributed by atoms with Crippen LogP contribution in [0.15, 0.2) is 6.20 Å². The number of H-pyrrole nitrogens is 1. The van der Waals surface area contributed by atoms with Crippen LogP contribution in [0.25, 0.3) is 0 Å². The lowest BCUT2D eigenvalue weighted by Crippen LogP contribution is -2.44. The zero-order chi connectivity index (χ0) is 14.1. The highest BCUT2D eigenvalue weighted by molar-refractivity contribution is 7.71. The number of carbonyl (C=O) groups excluding carboxylic acids is 1. The second kappa shape index (κ2) is 5.26. The van der Waals surface area contributed by atoms with Gasteiger partial charge in [0.05, 0.1) is 0 Å². The quantitative estimate of drug-likeness (QED) is 0.828. The van der Waals surface area contributed by atoms with Crippen LogP contribution in [0, 0.1) is 4.77 Å². The smallest absolute Gasteiger partial charge is 0.243 e. The van der Waals surface area contributed by atoms with Crippen LogP contribution < -0.4 is 5.32 Å². The highest BCUT2D eigenvalue weighted by Crippen LogP contribution is 2.20. The molecule has 1 unspecified atom stereocenters. The molecule has 1 rings (SSSR count). The van der Waals surface area contributed by atoms with Gasteiger partial charge in [-0.15, -0.1) is 0 Å². The average Bonchev–Trinajstić information content (AvgIpc) is 2.56. The van der Waals surface area contributed by atoms with Gasteiger partial charge in [-0.3, -0.25) is 4.79 Å². The summed E-state index contributed by atoms with van der Waals surface area (Å²) in [6.07, 6.45) is 1.88. The van der Waals surface area contributed by atoms with Crippen molar-refractivity contribution >= 4 is 18.1 Å². The predicted molar refractivity (Wildman–Crippen MR) is 76.3 cm³/mol. The van der Waals surface area contributed by atoms with Gasteiger partial charge in [-0.2, -0.15) is 0 Å². The van der Waals surface area contributed by atoms with Gasteiger partial charge in [-0.25, -0.2) is 0 Å². The van der Waals surface area contributed by atoms with Crippen molar-refractivity contribution in [1.29, 1.82) is 0 Å². The van der Waals surface area contributed by atoms with E-state index in [-0.39, 0.29) is 17.5 Å². The fraction of sp³-hybridized carbons (Fsp3) is 0.692. The van der Waals surface area contributed by atoms with Gasteiger partial charge in [0, 0.05) is 17.4 Å². The van der Waals surface area contributed by atoms with Crippen LogP contribution in [0.3, 0.4) is 0 Å². The number of carbonyl (C=O) groups is 1. The van der Waals surface area contributed by atoms with Gasteiger partial charge in [0.15, 0.2) is 4.77 Å². The highest BCUT2D eigenvalue weighted by Gasteiger charge is 2.23. The molecule has 0 radical (unpaired) electrons. The number of rotatable bonds is 3. The summed E-state index contributed by atoms with van der Waals surface area (Å²) in [4.78, 5) is 15.2.